The molecule has 0 saturated heterocycles. The second-order valence-electron chi connectivity index (χ2n) is 5.38. The van der Waals surface area contributed by atoms with Crippen LogP contribution in [0.4, 0.5) is 5.82 Å². The predicted octanol–water partition coefficient (Wildman–Crippen LogP) is 4.41. The topological polar surface area (TPSA) is 29.0 Å². The highest BCUT2D eigenvalue weighted by atomic mass is 35.5. The summed E-state index contributed by atoms with van der Waals surface area (Å²) in [6, 6.07) is 1.92. The average Bonchev–Trinajstić information content (AvgIpc) is 3.22. The number of nitrogens with zero attached hydrogens (tertiary/aromatic N) is 3. The lowest BCUT2D eigenvalue weighted by Crippen LogP contribution is -2.27. The van der Waals surface area contributed by atoms with E-state index < -0.39 is 0 Å². The van der Waals surface area contributed by atoms with Crippen molar-refractivity contribution in [2.75, 3.05) is 18.0 Å². The summed E-state index contributed by atoms with van der Waals surface area (Å²) in [5.41, 5.74) is 0. The Kier molecular flexibility index (Phi) is 5.44. The number of hydrogen-bond acceptors (Lipinski definition) is 3. The summed E-state index contributed by atoms with van der Waals surface area (Å²) in [5.74, 6) is 2.51. The first-order valence-electron chi connectivity index (χ1n) is 7.54. The van der Waals surface area contributed by atoms with Crippen LogP contribution >= 0.6 is 11.6 Å². The fraction of sp³-hybridized carbons (Fsp3) is 0.733. The Balaban J connectivity index is 2.13. The first kappa shape index (κ1) is 14.6. The molecular formula is C15H24ClN3. The molecular weight excluding hydrogens is 258 g/mol. The first-order valence-corrected chi connectivity index (χ1v) is 7.91. The fourth-order valence-corrected chi connectivity index (χ4v) is 2.33. The van der Waals surface area contributed by atoms with Gasteiger partial charge in [-0.05, 0) is 25.7 Å². The summed E-state index contributed by atoms with van der Waals surface area (Å²) in [7, 11) is 0. The number of hydrogen-bond donors (Lipinski definition) is 0. The van der Waals surface area contributed by atoms with Crippen molar-refractivity contribution in [1.29, 1.82) is 0 Å². The average molecular weight is 282 g/mol. The number of halogens is 1. The maximum Gasteiger partial charge on any atom is 0.135 e. The van der Waals surface area contributed by atoms with Crippen LogP contribution in [-0.4, -0.2) is 23.1 Å². The molecule has 0 unspecified atom stereocenters. The molecule has 0 spiro atoms. The van der Waals surface area contributed by atoms with Crippen molar-refractivity contribution >= 4 is 17.4 Å². The minimum absolute atomic E-state index is 0.552. The second-order valence-corrected chi connectivity index (χ2v) is 5.76. The monoisotopic (exact) mass is 281 g/mol. The van der Waals surface area contributed by atoms with Crippen LogP contribution in [0.15, 0.2) is 6.07 Å². The van der Waals surface area contributed by atoms with E-state index in [4.69, 9.17) is 16.6 Å². The number of anilines is 1. The van der Waals surface area contributed by atoms with E-state index in [9.17, 15) is 0 Å². The molecule has 2 rings (SSSR count). The Bertz CT molecular complexity index is 396. The van der Waals surface area contributed by atoms with Gasteiger partial charge in [-0.3, -0.25) is 0 Å². The molecule has 0 radical (unpaired) electrons. The van der Waals surface area contributed by atoms with Crippen molar-refractivity contribution < 1.29 is 0 Å². The molecule has 1 aliphatic carbocycles. The third-order valence-electron chi connectivity index (χ3n) is 3.53. The van der Waals surface area contributed by atoms with Crippen LogP contribution in [0.25, 0.3) is 0 Å². The highest BCUT2D eigenvalue weighted by Gasteiger charge is 2.27. The molecule has 1 aliphatic rings. The van der Waals surface area contributed by atoms with E-state index in [1.165, 1.54) is 38.5 Å². The lowest BCUT2D eigenvalue weighted by Gasteiger charge is -2.24. The molecule has 0 bridgehead atoms. The Morgan fingerprint density at radius 1 is 1.16 bits per heavy atom. The summed E-state index contributed by atoms with van der Waals surface area (Å²) < 4.78 is 0. The third-order valence-corrected chi connectivity index (χ3v) is 3.72. The summed E-state index contributed by atoms with van der Waals surface area (Å²) >= 11 is 6.16. The van der Waals surface area contributed by atoms with E-state index in [2.05, 4.69) is 23.7 Å². The quantitative estimate of drug-likeness (QED) is 0.661. The van der Waals surface area contributed by atoms with Crippen LogP contribution in [0.1, 0.15) is 64.1 Å². The van der Waals surface area contributed by atoms with Crippen molar-refractivity contribution in [3.05, 3.63) is 17.0 Å². The number of rotatable bonds is 8. The Hall–Kier alpha value is -0.830. The van der Waals surface area contributed by atoms with Gasteiger partial charge in [-0.25, -0.2) is 9.97 Å². The lowest BCUT2D eigenvalue weighted by atomic mass is 10.2. The van der Waals surface area contributed by atoms with Crippen LogP contribution in [0.2, 0.25) is 5.15 Å². The number of unbranched alkanes of at least 4 members (excludes halogenated alkanes) is 2. The largest absolute Gasteiger partial charge is 0.356 e. The Labute approximate surface area is 121 Å². The van der Waals surface area contributed by atoms with E-state index >= 15 is 0 Å². The van der Waals surface area contributed by atoms with Gasteiger partial charge in [0, 0.05) is 25.1 Å². The molecule has 0 aliphatic heterocycles. The van der Waals surface area contributed by atoms with Crippen molar-refractivity contribution in [3.8, 4) is 0 Å². The second kappa shape index (κ2) is 7.09. The molecule has 4 heteroatoms. The van der Waals surface area contributed by atoms with Crippen LogP contribution in [0.3, 0.4) is 0 Å². The van der Waals surface area contributed by atoms with Gasteiger partial charge in [0.15, 0.2) is 0 Å². The van der Waals surface area contributed by atoms with Crippen LogP contribution in [0, 0.1) is 0 Å². The third kappa shape index (κ3) is 4.34. The SMILES string of the molecule is CCCCN(CCCC)c1cc(Cl)nc(C2CC2)n1. The molecule has 19 heavy (non-hydrogen) atoms. The van der Waals surface area contributed by atoms with Crippen molar-refractivity contribution in [2.24, 2.45) is 0 Å². The minimum Gasteiger partial charge on any atom is -0.356 e. The highest BCUT2D eigenvalue weighted by molar-refractivity contribution is 6.29. The molecule has 0 amide bonds. The Morgan fingerprint density at radius 3 is 2.32 bits per heavy atom. The molecule has 1 aromatic rings. The summed E-state index contributed by atoms with van der Waals surface area (Å²) in [6.07, 6.45) is 7.23. The van der Waals surface area contributed by atoms with Gasteiger partial charge in [0.2, 0.25) is 0 Å². The van der Waals surface area contributed by atoms with Gasteiger partial charge in [-0.1, -0.05) is 38.3 Å². The van der Waals surface area contributed by atoms with Gasteiger partial charge >= 0.3 is 0 Å². The molecule has 1 aromatic heterocycles. The summed E-state index contributed by atoms with van der Waals surface area (Å²) in [4.78, 5) is 11.5. The lowest BCUT2D eigenvalue weighted by molar-refractivity contribution is 0.668. The Morgan fingerprint density at radius 2 is 1.79 bits per heavy atom. The summed E-state index contributed by atoms with van der Waals surface area (Å²) in [6.45, 7) is 6.57. The van der Waals surface area contributed by atoms with Crippen molar-refractivity contribution in [1.82, 2.24) is 9.97 Å². The van der Waals surface area contributed by atoms with Gasteiger partial charge < -0.3 is 4.90 Å². The summed E-state index contributed by atoms with van der Waals surface area (Å²) in [5, 5.41) is 0.588. The van der Waals surface area contributed by atoms with Crippen LogP contribution in [-0.2, 0) is 0 Å². The zero-order chi connectivity index (χ0) is 13.7. The first-order chi connectivity index (χ1) is 9.24. The van der Waals surface area contributed by atoms with Crippen molar-refractivity contribution in [3.63, 3.8) is 0 Å². The maximum atomic E-state index is 6.16. The standard InChI is InChI=1S/C15H24ClN3/c1-3-5-9-19(10-6-4-2)14-11-13(16)17-15(18-14)12-7-8-12/h11-12H,3-10H2,1-2H3. The van der Waals surface area contributed by atoms with Gasteiger partial charge in [0.05, 0.1) is 0 Å². The van der Waals surface area contributed by atoms with E-state index in [1.54, 1.807) is 0 Å². The molecule has 3 nitrogen and oxygen atoms in total. The number of aromatic nitrogens is 2. The van der Waals surface area contributed by atoms with Gasteiger partial charge in [-0.2, -0.15) is 0 Å². The van der Waals surface area contributed by atoms with Gasteiger partial charge in [0.25, 0.3) is 0 Å². The van der Waals surface area contributed by atoms with E-state index in [1.807, 2.05) is 6.07 Å². The van der Waals surface area contributed by atoms with Crippen molar-refractivity contribution in [2.45, 2.75) is 58.3 Å². The van der Waals surface area contributed by atoms with Crippen LogP contribution < -0.4 is 4.90 Å². The molecule has 1 fully saturated rings. The fourth-order valence-electron chi connectivity index (χ4n) is 2.15. The zero-order valence-electron chi connectivity index (χ0n) is 12.0. The smallest absolute Gasteiger partial charge is 0.135 e. The van der Waals surface area contributed by atoms with E-state index in [0.29, 0.717) is 11.1 Å². The normalized spacial score (nSPS) is 14.7. The highest BCUT2D eigenvalue weighted by Crippen LogP contribution is 2.39. The van der Waals surface area contributed by atoms with Gasteiger partial charge in [-0.15, -0.1) is 0 Å². The maximum absolute atomic E-state index is 6.16. The molecule has 0 aromatic carbocycles. The zero-order valence-corrected chi connectivity index (χ0v) is 12.8. The molecule has 106 valence electrons. The van der Waals surface area contributed by atoms with E-state index in [0.717, 1.165) is 24.7 Å². The predicted molar refractivity (Wildman–Crippen MR) is 81.0 cm³/mol. The molecule has 0 N–H and O–H groups in total. The van der Waals surface area contributed by atoms with Gasteiger partial charge in [0.1, 0.15) is 16.8 Å². The molecule has 1 saturated carbocycles. The molecule has 0 atom stereocenters. The minimum atomic E-state index is 0.552. The van der Waals surface area contributed by atoms with Crippen LogP contribution in [0.5, 0.6) is 0 Å². The molecule has 1 heterocycles. The van der Waals surface area contributed by atoms with E-state index in [-0.39, 0.29) is 0 Å².